The highest BCUT2D eigenvalue weighted by Gasteiger charge is 2.23. The second kappa shape index (κ2) is 6.70. The van der Waals surface area contributed by atoms with E-state index >= 15 is 0 Å². The van der Waals surface area contributed by atoms with Crippen molar-refractivity contribution in [3.8, 4) is 0 Å². The quantitative estimate of drug-likeness (QED) is 0.378. The Morgan fingerprint density at radius 3 is 2.82 bits per heavy atom. The number of hydrogen-bond acceptors (Lipinski definition) is 3. The molecule has 0 unspecified atom stereocenters. The standard InChI is InChI=1S/C14H17BF2N4O/c1-9-7-10(2)21(15(16)17)13(9)8-12-4-3-11(19-12)5-6-14(22)20-18/h3-4,7-8H,5-6,18H2,1-2H3,(H,20,22)/b12-8-. The maximum absolute atomic E-state index is 13.1. The molecule has 116 valence electrons. The van der Waals surface area contributed by atoms with Crippen molar-refractivity contribution >= 4 is 25.1 Å². The smallest absolute Gasteiger partial charge is 0.329 e. The maximum Gasteiger partial charge on any atom is 0.677 e. The molecule has 1 aromatic rings. The molecule has 1 aromatic heterocycles. The third-order valence-electron chi connectivity index (χ3n) is 3.44. The summed E-state index contributed by atoms with van der Waals surface area (Å²) in [6, 6.07) is 1.72. The van der Waals surface area contributed by atoms with Crippen molar-refractivity contribution in [1.82, 2.24) is 9.90 Å². The lowest BCUT2D eigenvalue weighted by Gasteiger charge is -2.05. The molecule has 0 aliphatic carbocycles. The van der Waals surface area contributed by atoms with Crippen molar-refractivity contribution in [2.24, 2.45) is 10.8 Å². The molecular formula is C14H17BF2N4O. The summed E-state index contributed by atoms with van der Waals surface area (Å²) in [6.45, 7) is 3.43. The number of amides is 1. The molecule has 0 bridgehead atoms. The Balaban J connectivity index is 2.20. The lowest BCUT2D eigenvalue weighted by molar-refractivity contribution is -0.121. The number of nitrogens with one attached hydrogen (secondary N) is 1. The second-order valence-electron chi connectivity index (χ2n) is 5.07. The summed E-state index contributed by atoms with van der Waals surface area (Å²) in [5.41, 5.74) is 5.08. The fourth-order valence-corrected chi connectivity index (χ4v) is 2.37. The number of hydrazine groups is 1. The van der Waals surface area contributed by atoms with Gasteiger partial charge < -0.3 is 4.48 Å². The first-order valence-corrected chi connectivity index (χ1v) is 6.85. The lowest BCUT2D eigenvalue weighted by atomic mass is 10.1. The molecule has 5 nitrogen and oxygen atoms in total. The van der Waals surface area contributed by atoms with Gasteiger partial charge in [-0.15, -0.1) is 0 Å². The highest BCUT2D eigenvalue weighted by molar-refractivity contribution is 6.41. The number of aryl methyl sites for hydroxylation is 2. The van der Waals surface area contributed by atoms with Gasteiger partial charge in [-0.25, -0.2) is 5.84 Å². The minimum atomic E-state index is -2.59. The SMILES string of the molecule is Cc1cc(C)n(B(F)F)c1/C=C1/C=CC(CCC(=O)NN)=N1. The van der Waals surface area contributed by atoms with E-state index in [-0.39, 0.29) is 12.3 Å². The predicted molar refractivity (Wildman–Crippen MR) is 83.4 cm³/mol. The number of allylic oxidation sites excluding steroid dienone is 2. The van der Waals surface area contributed by atoms with Gasteiger partial charge >= 0.3 is 7.40 Å². The number of hydrogen-bond donors (Lipinski definition) is 2. The van der Waals surface area contributed by atoms with Crippen LogP contribution in [0.25, 0.3) is 6.08 Å². The first-order valence-electron chi connectivity index (χ1n) is 6.85. The van der Waals surface area contributed by atoms with Gasteiger partial charge in [-0.1, -0.05) is 0 Å². The van der Waals surface area contributed by atoms with E-state index in [1.165, 1.54) is 0 Å². The highest BCUT2D eigenvalue weighted by Crippen LogP contribution is 2.22. The topological polar surface area (TPSA) is 72.4 Å². The molecule has 0 atom stereocenters. The summed E-state index contributed by atoms with van der Waals surface area (Å²) in [6.07, 6.45) is 5.82. The van der Waals surface area contributed by atoms with Crippen LogP contribution in [-0.4, -0.2) is 23.5 Å². The van der Waals surface area contributed by atoms with E-state index in [2.05, 4.69) is 10.4 Å². The van der Waals surface area contributed by atoms with Crippen LogP contribution in [0.15, 0.2) is 28.9 Å². The summed E-state index contributed by atoms with van der Waals surface area (Å²) in [5.74, 6) is 4.74. The second-order valence-corrected chi connectivity index (χ2v) is 5.07. The molecule has 0 spiro atoms. The Morgan fingerprint density at radius 2 is 2.18 bits per heavy atom. The van der Waals surface area contributed by atoms with Crippen LogP contribution in [0, 0.1) is 13.8 Å². The third-order valence-corrected chi connectivity index (χ3v) is 3.44. The first kappa shape index (κ1) is 16.2. The molecule has 1 aliphatic rings. The molecule has 3 N–H and O–H groups in total. The van der Waals surface area contributed by atoms with E-state index in [0.717, 1.165) is 15.8 Å². The van der Waals surface area contributed by atoms with Crippen LogP contribution in [0.2, 0.25) is 0 Å². The number of aliphatic imine (C=N–C) groups is 1. The Kier molecular flexibility index (Phi) is 4.92. The van der Waals surface area contributed by atoms with E-state index in [1.54, 1.807) is 38.1 Å². The molecule has 1 aliphatic heterocycles. The summed E-state index contributed by atoms with van der Waals surface area (Å²) in [4.78, 5) is 15.4. The Morgan fingerprint density at radius 1 is 1.45 bits per heavy atom. The number of carbonyl (C=O) groups excluding carboxylic acids is 1. The van der Waals surface area contributed by atoms with E-state index in [1.807, 2.05) is 0 Å². The lowest BCUT2D eigenvalue weighted by Crippen LogP contribution is -2.30. The Bertz CT molecular complexity index is 677. The number of rotatable bonds is 5. The van der Waals surface area contributed by atoms with Gasteiger partial charge in [-0.3, -0.25) is 23.8 Å². The van der Waals surface area contributed by atoms with Gasteiger partial charge in [0, 0.05) is 23.5 Å². The molecule has 0 saturated carbocycles. The van der Waals surface area contributed by atoms with Gasteiger partial charge in [0.25, 0.3) is 0 Å². The average molecular weight is 306 g/mol. The van der Waals surface area contributed by atoms with Crippen LogP contribution in [0.1, 0.15) is 29.8 Å². The number of nitrogens with two attached hydrogens (primary N) is 1. The summed E-state index contributed by atoms with van der Waals surface area (Å²) in [5, 5.41) is 0. The van der Waals surface area contributed by atoms with E-state index in [9.17, 15) is 13.4 Å². The van der Waals surface area contributed by atoms with Crippen molar-refractivity contribution in [3.63, 3.8) is 0 Å². The van der Waals surface area contributed by atoms with Gasteiger partial charge in [0.2, 0.25) is 5.91 Å². The molecule has 1 amide bonds. The normalized spacial score (nSPS) is 15.3. The summed E-state index contributed by atoms with van der Waals surface area (Å²) < 4.78 is 27.2. The molecule has 0 aromatic carbocycles. The Hall–Kier alpha value is -2.22. The highest BCUT2D eigenvalue weighted by atomic mass is 19.2. The van der Waals surface area contributed by atoms with Crippen molar-refractivity contribution in [1.29, 1.82) is 0 Å². The molecule has 0 saturated heterocycles. The molecule has 8 heteroatoms. The maximum atomic E-state index is 13.1. The summed E-state index contributed by atoms with van der Waals surface area (Å²) >= 11 is 0. The zero-order chi connectivity index (χ0) is 16.3. The first-order chi connectivity index (χ1) is 10.4. The fraction of sp³-hybridized carbons (Fsp3) is 0.286. The van der Waals surface area contributed by atoms with E-state index in [4.69, 9.17) is 5.84 Å². The van der Waals surface area contributed by atoms with Crippen molar-refractivity contribution in [2.45, 2.75) is 26.7 Å². The average Bonchev–Trinajstić information content (AvgIpc) is 3.01. The van der Waals surface area contributed by atoms with Crippen molar-refractivity contribution in [2.75, 3.05) is 0 Å². The van der Waals surface area contributed by atoms with Gasteiger partial charge in [0.1, 0.15) is 0 Å². The molecule has 0 fully saturated rings. The number of carbonyl (C=O) groups is 1. The van der Waals surface area contributed by atoms with Crippen molar-refractivity contribution in [3.05, 3.63) is 40.9 Å². The zero-order valence-electron chi connectivity index (χ0n) is 12.4. The van der Waals surface area contributed by atoms with Crippen LogP contribution in [0.5, 0.6) is 0 Å². The molecule has 0 radical (unpaired) electrons. The van der Waals surface area contributed by atoms with Crippen LogP contribution < -0.4 is 11.3 Å². The van der Waals surface area contributed by atoms with E-state index < -0.39 is 7.40 Å². The predicted octanol–water partition coefficient (Wildman–Crippen LogP) is 2.00. The Labute approximate surface area is 127 Å². The summed E-state index contributed by atoms with van der Waals surface area (Å²) in [7, 11) is -2.59. The third kappa shape index (κ3) is 3.51. The minimum absolute atomic E-state index is 0.235. The van der Waals surface area contributed by atoms with Crippen LogP contribution in [0.4, 0.5) is 8.63 Å². The van der Waals surface area contributed by atoms with Crippen LogP contribution in [0.3, 0.4) is 0 Å². The number of nitrogens with zero attached hydrogens (tertiary/aromatic N) is 2. The van der Waals surface area contributed by atoms with Crippen LogP contribution in [-0.2, 0) is 4.79 Å². The fourth-order valence-electron chi connectivity index (χ4n) is 2.37. The van der Waals surface area contributed by atoms with Gasteiger partial charge in [-0.05, 0) is 50.1 Å². The number of aromatic nitrogens is 1. The van der Waals surface area contributed by atoms with Gasteiger partial charge in [0.05, 0.1) is 5.70 Å². The largest absolute Gasteiger partial charge is 0.677 e. The minimum Gasteiger partial charge on any atom is -0.329 e. The molecular weight excluding hydrogens is 289 g/mol. The monoisotopic (exact) mass is 306 g/mol. The molecule has 2 rings (SSSR count). The zero-order valence-corrected chi connectivity index (χ0v) is 12.4. The van der Waals surface area contributed by atoms with E-state index in [0.29, 0.717) is 23.5 Å². The molecule has 22 heavy (non-hydrogen) atoms. The van der Waals surface area contributed by atoms with Gasteiger partial charge in [-0.2, -0.15) is 0 Å². The molecule has 2 heterocycles. The van der Waals surface area contributed by atoms with Gasteiger partial charge in [0.15, 0.2) is 0 Å². The number of halogens is 2. The van der Waals surface area contributed by atoms with Crippen molar-refractivity contribution < 1.29 is 13.4 Å². The van der Waals surface area contributed by atoms with Crippen LogP contribution >= 0.6 is 0 Å².